The van der Waals surface area contributed by atoms with E-state index in [1.807, 2.05) is 12.1 Å². The van der Waals surface area contributed by atoms with E-state index in [9.17, 15) is 5.26 Å². The Morgan fingerprint density at radius 1 is 1.08 bits per heavy atom. The molecule has 3 rings (SSSR count). The van der Waals surface area contributed by atoms with E-state index in [0.29, 0.717) is 5.56 Å². The molecule has 0 radical (unpaired) electrons. The molecular formula is C21H24N4. The predicted molar refractivity (Wildman–Crippen MR) is 101 cm³/mol. The molecule has 1 saturated heterocycles. The molecule has 1 aliphatic rings. The van der Waals surface area contributed by atoms with Gasteiger partial charge in [0.25, 0.3) is 0 Å². The zero-order chi connectivity index (χ0) is 17.5. The normalized spacial score (nSPS) is 14.2. The lowest BCUT2D eigenvalue weighted by molar-refractivity contribution is 0.310. The Balaban J connectivity index is 1.47. The number of benzene rings is 1. The van der Waals surface area contributed by atoms with Crippen LogP contribution >= 0.6 is 0 Å². The van der Waals surface area contributed by atoms with E-state index in [1.54, 1.807) is 6.20 Å². The third-order valence-corrected chi connectivity index (χ3v) is 4.71. The van der Waals surface area contributed by atoms with Crippen LogP contribution in [0.1, 0.15) is 24.0 Å². The SMILES string of the molecule is C=C(CCCc1ccccc1)N1CCN(c2ncccc2C#N)CC1. The first-order valence-corrected chi connectivity index (χ1v) is 8.84. The third kappa shape index (κ3) is 4.39. The summed E-state index contributed by atoms with van der Waals surface area (Å²) in [5.41, 5.74) is 3.26. The zero-order valence-electron chi connectivity index (χ0n) is 14.6. The van der Waals surface area contributed by atoms with Crippen LogP contribution < -0.4 is 4.90 Å². The predicted octanol–water partition coefficient (Wildman–Crippen LogP) is 3.61. The Hall–Kier alpha value is -2.80. The van der Waals surface area contributed by atoms with Crippen LogP contribution in [-0.2, 0) is 6.42 Å². The zero-order valence-corrected chi connectivity index (χ0v) is 14.6. The van der Waals surface area contributed by atoms with Crippen molar-refractivity contribution in [1.82, 2.24) is 9.88 Å². The number of pyridine rings is 1. The molecule has 1 fully saturated rings. The van der Waals surface area contributed by atoms with Crippen LogP contribution in [0.5, 0.6) is 0 Å². The molecule has 2 aromatic rings. The monoisotopic (exact) mass is 332 g/mol. The summed E-state index contributed by atoms with van der Waals surface area (Å²) < 4.78 is 0. The van der Waals surface area contributed by atoms with Crippen molar-refractivity contribution < 1.29 is 0 Å². The smallest absolute Gasteiger partial charge is 0.146 e. The van der Waals surface area contributed by atoms with E-state index >= 15 is 0 Å². The average molecular weight is 332 g/mol. The minimum Gasteiger partial charge on any atom is -0.372 e. The first-order chi connectivity index (χ1) is 12.3. The molecule has 0 amide bonds. The molecule has 25 heavy (non-hydrogen) atoms. The highest BCUT2D eigenvalue weighted by atomic mass is 15.3. The fourth-order valence-corrected chi connectivity index (χ4v) is 3.27. The van der Waals surface area contributed by atoms with Gasteiger partial charge in [0.1, 0.15) is 11.9 Å². The van der Waals surface area contributed by atoms with Crippen LogP contribution in [0.25, 0.3) is 0 Å². The van der Waals surface area contributed by atoms with Gasteiger partial charge in [-0.1, -0.05) is 36.9 Å². The van der Waals surface area contributed by atoms with Crippen molar-refractivity contribution >= 4 is 5.82 Å². The van der Waals surface area contributed by atoms with Gasteiger partial charge in [0.2, 0.25) is 0 Å². The molecule has 4 heteroatoms. The fraction of sp³-hybridized carbons (Fsp3) is 0.333. The van der Waals surface area contributed by atoms with Gasteiger partial charge < -0.3 is 9.80 Å². The number of hydrogen-bond acceptors (Lipinski definition) is 4. The van der Waals surface area contributed by atoms with Gasteiger partial charge in [-0.25, -0.2) is 4.98 Å². The average Bonchev–Trinajstić information content (AvgIpc) is 2.69. The van der Waals surface area contributed by atoms with Crippen molar-refractivity contribution in [3.8, 4) is 6.07 Å². The Labute approximate surface area is 150 Å². The quantitative estimate of drug-likeness (QED) is 0.810. The molecule has 0 unspecified atom stereocenters. The minimum absolute atomic E-state index is 0.651. The van der Waals surface area contributed by atoms with Crippen molar-refractivity contribution in [2.24, 2.45) is 0 Å². The maximum Gasteiger partial charge on any atom is 0.146 e. The van der Waals surface area contributed by atoms with Gasteiger partial charge in [-0.3, -0.25) is 0 Å². The summed E-state index contributed by atoms with van der Waals surface area (Å²) >= 11 is 0. The van der Waals surface area contributed by atoms with Gasteiger partial charge >= 0.3 is 0 Å². The van der Waals surface area contributed by atoms with Crippen LogP contribution in [0.2, 0.25) is 0 Å². The van der Waals surface area contributed by atoms with E-state index < -0.39 is 0 Å². The van der Waals surface area contributed by atoms with E-state index in [1.165, 1.54) is 11.3 Å². The van der Waals surface area contributed by atoms with Crippen LogP contribution in [0.15, 0.2) is 60.9 Å². The Kier molecular flexibility index (Phi) is 5.69. The van der Waals surface area contributed by atoms with Crippen molar-refractivity contribution in [2.45, 2.75) is 19.3 Å². The maximum absolute atomic E-state index is 9.24. The number of nitriles is 1. The molecule has 1 aromatic heterocycles. The minimum atomic E-state index is 0.651. The summed E-state index contributed by atoms with van der Waals surface area (Å²) in [6, 6.07) is 16.5. The van der Waals surface area contributed by atoms with Gasteiger partial charge in [-0.2, -0.15) is 5.26 Å². The van der Waals surface area contributed by atoms with E-state index in [-0.39, 0.29) is 0 Å². The van der Waals surface area contributed by atoms with E-state index in [4.69, 9.17) is 0 Å². The van der Waals surface area contributed by atoms with E-state index in [0.717, 1.165) is 51.3 Å². The lowest BCUT2D eigenvalue weighted by Crippen LogP contribution is -2.46. The largest absolute Gasteiger partial charge is 0.372 e. The highest BCUT2D eigenvalue weighted by Crippen LogP contribution is 2.20. The molecule has 2 heterocycles. The second kappa shape index (κ2) is 8.34. The topological polar surface area (TPSA) is 43.2 Å². The summed E-state index contributed by atoms with van der Waals surface area (Å²) in [6.45, 7) is 7.91. The summed E-state index contributed by atoms with van der Waals surface area (Å²) in [5.74, 6) is 0.805. The summed E-state index contributed by atoms with van der Waals surface area (Å²) in [7, 11) is 0. The lowest BCUT2D eigenvalue weighted by atomic mass is 10.1. The number of hydrogen-bond donors (Lipinski definition) is 0. The second-order valence-electron chi connectivity index (χ2n) is 6.37. The third-order valence-electron chi connectivity index (χ3n) is 4.71. The van der Waals surface area contributed by atoms with Crippen LogP contribution in [0, 0.1) is 11.3 Å². The van der Waals surface area contributed by atoms with Crippen LogP contribution in [-0.4, -0.2) is 36.1 Å². The number of rotatable bonds is 6. The van der Waals surface area contributed by atoms with Gasteiger partial charge in [0, 0.05) is 38.1 Å². The summed E-state index contributed by atoms with van der Waals surface area (Å²) in [4.78, 5) is 8.96. The lowest BCUT2D eigenvalue weighted by Gasteiger charge is -2.38. The Morgan fingerprint density at radius 3 is 2.56 bits per heavy atom. The summed E-state index contributed by atoms with van der Waals surface area (Å²) in [5, 5.41) is 9.24. The second-order valence-corrected chi connectivity index (χ2v) is 6.37. The maximum atomic E-state index is 9.24. The Morgan fingerprint density at radius 2 is 1.84 bits per heavy atom. The summed E-state index contributed by atoms with van der Waals surface area (Å²) in [6.07, 6.45) is 5.01. The van der Waals surface area contributed by atoms with Crippen molar-refractivity contribution in [3.63, 3.8) is 0 Å². The first kappa shape index (κ1) is 17.0. The van der Waals surface area contributed by atoms with Gasteiger partial charge in [0.05, 0.1) is 5.56 Å². The van der Waals surface area contributed by atoms with Crippen LogP contribution in [0.3, 0.4) is 0 Å². The molecule has 128 valence electrons. The molecular weight excluding hydrogens is 308 g/mol. The fourth-order valence-electron chi connectivity index (χ4n) is 3.27. The molecule has 0 saturated carbocycles. The number of anilines is 1. The number of aromatic nitrogens is 1. The molecule has 1 aromatic carbocycles. The standard InChI is InChI=1S/C21H24N4/c1-18(7-5-10-19-8-3-2-4-9-19)24-13-15-25(16-14-24)21-20(17-22)11-6-12-23-21/h2-4,6,8-9,11-12H,1,5,7,10,13-16H2. The number of allylic oxidation sites excluding steroid dienone is 1. The van der Waals surface area contributed by atoms with Gasteiger partial charge in [-0.05, 0) is 37.0 Å². The van der Waals surface area contributed by atoms with Crippen molar-refractivity contribution in [1.29, 1.82) is 5.26 Å². The molecule has 0 N–H and O–H groups in total. The van der Waals surface area contributed by atoms with Gasteiger partial charge in [0.15, 0.2) is 0 Å². The molecule has 4 nitrogen and oxygen atoms in total. The van der Waals surface area contributed by atoms with Crippen molar-refractivity contribution in [3.05, 3.63) is 72.1 Å². The highest BCUT2D eigenvalue weighted by molar-refractivity contribution is 5.53. The molecule has 0 bridgehead atoms. The van der Waals surface area contributed by atoms with Crippen molar-refractivity contribution in [2.75, 3.05) is 31.1 Å². The molecule has 0 aliphatic carbocycles. The van der Waals surface area contributed by atoms with Crippen LogP contribution in [0.4, 0.5) is 5.82 Å². The number of nitrogens with zero attached hydrogens (tertiary/aromatic N) is 4. The molecule has 1 aliphatic heterocycles. The molecule has 0 spiro atoms. The van der Waals surface area contributed by atoms with Gasteiger partial charge in [-0.15, -0.1) is 0 Å². The molecule has 0 atom stereocenters. The highest BCUT2D eigenvalue weighted by Gasteiger charge is 2.20. The first-order valence-electron chi connectivity index (χ1n) is 8.84. The van der Waals surface area contributed by atoms with E-state index in [2.05, 4.69) is 57.8 Å². The number of aryl methyl sites for hydroxylation is 1. The Bertz CT molecular complexity index is 740. The number of piperazine rings is 1.